The van der Waals surface area contributed by atoms with Crippen molar-refractivity contribution in [2.24, 2.45) is 5.92 Å². The molecule has 2 aromatic carbocycles. The number of hydrogen-bond donors (Lipinski definition) is 1. The Hall–Kier alpha value is -2.57. The van der Waals surface area contributed by atoms with Crippen LogP contribution in [0.5, 0.6) is 5.75 Å². The minimum Gasteiger partial charge on any atom is -0.490 e. The summed E-state index contributed by atoms with van der Waals surface area (Å²) in [6.07, 6.45) is 3.78. The molecule has 8 heteroatoms. The SMILES string of the molecule is CCOC(=O)C1CCC(Oc2ccc(C(=O)CCCNC(=O)c3ccc(Cl)cc3)c(Cl)c2)CC1. The second-order valence-corrected chi connectivity index (χ2v) is 9.12. The summed E-state index contributed by atoms with van der Waals surface area (Å²) in [7, 11) is 0. The number of Topliss-reactive ketones (excluding diaryl/α,β-unsaturated/α-hetero) is 1. The van der Waals surface area contributed by atoms with Gasteiger partial charge >= 0.3 is 5.97 Å². The van der Waals surface area contributed by atoms with Gasteiger partial charge in [-0.25, -0.2) is 0 Å². The summed E-state index contributed by atoms with van der Waals surface area (Å²) in [4.78, 5) is 36.6. The number of halogens is 2. The summed E-state index contributed by atoms with van der Waals surface area (Å²) in [5, 5.41) is 3.70. The second kappa shape index (κ2) is 12.8. The number of hydrogen-bond acceptors (Lipinski definition) is 5. The second-order valence-electron chi connectivity index (χ2n) is 8.27. The van der Waals surface area contributed by atoms with E-state index in [1.807, 2.05) is 6.92 Å². The molecule has 0 aliphatic heterocycles. The van der Waals surface area contributed by atoms with Crippen LogP contribution < -0.4 is 10.1 Å². The van der Waals surface area contributed by atoms with E-state index in [1.54, 1.807) is 42.5 Å². The summed E-state index contributed by atoms with van der Waals surface area (Å²) < 4.78 is 11.1. The Morgan fingerprint density at radius 3 is 2.35 bits per heavy atom. The molecule has 0 heterocycles. The Bertz CT molecular complexity index is 1000. The number of amides is 1. The fourth-order valence-electron chi connectivity index (χ4n) is 3.95. The Labute approximate surface area is 209 Å². The molecule has 3 rings (SSSR count). The highest BCUT2D eigenvalue weighted by Gasteiger charge is 2.28. The minimum absolute atomic E-state index is 0.00699. The number of ether oxygens (including phenoxy) is 2. The number of esters is 1. The smallest absolute Gasteiger partial charge is 0.308 e. The Morgan fingerprint density at radius 1 is 1.00 bits per heavy atom. The summed E-state index contributed by atoms with van der Waals surface area (Å²) in [6.45, 7) is 2.59. The Kier molecular flexibility index (Phi) is 9.78. The molecule has 1 aliphatic carbocycles. The van der Waals surface area contributed by atoms with Gasteiger partial charge in [0.05, 0.1) is 23.7 Å². The number of rotatable bonds is 10. The zero-order valence-corrected chi connectivity index (χ0v) is 20.7. The van der Waals surface area contributed by atoms with Crippen LogP contribution in [-0.2, 0) is 9.53 Å². The molecule has 1 aliphatic rings. The zero-order chi connectivity index (χ0) is 24.5. The number of nitrogens with one attached hydrogen (secondary N) is 1. The first kappa shape index (κ1) is 26.0. The lowest BCUT2D eigenvalue weighted by Gasteiger charge is -2.27. The molecule has 0 bridgehead atoms. The van der Waals surface area contributed by atoms with Crippen molar-refractivity contribution < 1.29 is 23.9 Å². The maximum absolute atomic E-state index is 12.6. The van der Waals surface area contributed by atoms with Crippen molar-refractivity contribution in [3.05, 3.63) is 63.6 Å². The number of carbonyl (C=O) groups is 3. The molecule has 0 radical (unpaired) electrons. The Balaban J connectivity index is 1.42. The van der Waals surface area contributed by atoms with E-state index < -0.39 is 0 Å². The largest absolute Gasteiger partial charge is 0.490 e. The van der Waals surface area contributed by atoms with Gasteiger partial charge in [0.25, 0.3) is 5.91 Å². The first-order chi connectivity index (χ1) is 16.4. The van der Waals surface area contributed by atoms with Gasteiger partial charge in [0.15, 0.2) is 5.78 Å². The molecule has 0 spiro atoms. The molecule has 182 valence electrons. The first-order valence-electron chi connectivity index (χ1n) is 11.6. The van der Waals surface area contributed by atoms with Gasteiger partial charge < -0.3 is 14.8 Å². The van der Waals surface area contributed by atoms with Gasteiger partial charge in [0.2, 0.25) is 0 Å². The standard InChI is InChI=1S/C26H29Cl2NO5/c1-2-33-26(32)18-7-11-20(12-8-18)34-21-13-14-22(23(28)16-21)24(30)4-3-15-29-25(31)17-5-9-19(27)10-6-17/h5-6,9-10,13-14,16,18,20H,2-4,7-8,11-12,15H2,1H3,(H,29,31). The summed E-state index contributed by atoms with van der Waals surface area (Å²) in [6, 6.07) is 11.7. The molecule has 0 saturated heterocycles. The highest BCUT2D eigenvalue weighted by atomic mass is 35.5. The summed E-state index contributed by atoms with van der Waals surface area (Å²) >= 11 is 12.2. The monoisotopic (exact) mass is 505 g/mol. The molecular weight excluding hydrogens is 477 g/mol. The van der Waals surface area contributed by atoms with E-state index in [2.05, 4.69) is 5.32 Å². The lowest BCUT2D eigenvalue weighted by molar-refractivity contribution is -0.149. The average Bonchev–Trinajstić information content (AvgIpc) is 2.82. The van der Waals surface area contributed by atoms with Crippen molar-refractivity contribution >= 4 is 40.9 Å². The van der Waals surface area contributed by atoms with Crippen molar-refractivity contribution in [3.63, 3.8) is 0 Å². The normalized spacial score (nSPS) is 17.6. The van der Waals surface area contributed by atoms with Gasteiger partial charge in [0, 0.05) is 29.1 Å². The third-order valence-electron chi connectivity index (χ3n) is 5.81. The van der Waals surface area contributed by atoms with Crippen LogP contribution in [0.25, 0.3) is 0 Å². The highest BCUT2D eigenvalue weighted by molar-refractivity contribution is 6.34. The van der Waals surface area contributed by atoms with Crippen LogP contribution in [0.15, 0.2) is 42.5 Å². The number of carbonyl (C=O) groups excluding carboxylic acids is 3. The molecule has 6 nitrogen and oxygen atoms in total. The van der Waals surface area contributed by atoms with Gasteiger partial charge in [-0.3, -0.25) is 14.4 Å². The quantitative estimate of drug-likeness (QED) is 0.247. The van der Waals surface area contributed by atoms with E-state index in [-0.39, 0.29) is 36.1 Å². The lowest BCUT2D eigenvalue weighted by Crippen LogP contribution is -2.29. The van der Waals surface area contributed by atoms with Crippen LogP contribution in [0.2, 0.25) is 10.0 Å². The van der Waals surface area contributed by atoms with E-state index in [4.69, 9.17) is 32.7 Å². The van der Waals surface area contributed by atoms with E-state index in [0.29, 0.717) is 46.5 Å². The van der Waals surface area contributed by atoms with E-state index >= 15 is 0 Å². The molecule has 1 amide bonds. The minimum atomic E-state index is -0.208. The van der Waals surface area contributed by atoms with Gasteiger partial charge in [-0.2, -0.15) is 0 Å². The first-order valence-corrected chi connectivity index (χ1v) is 12.3. The molecule has 1 N–H and O–H groups in total. The third-order valence-corrected chi connectivity index (χ3v) is 6.38. The molecular formula is C26H29Cl2NO5. The van der Waals surface area contributed by atoms with E-state index in [0.717, 1.165) is 25.7 Å². The predicted molar refractivity (Wildman–Crippen MR) is 132 cm³/mol. The molecule has 34 heavy (non-hydrogen) atoms. The average molecular weight is 506 g/mol. The van der Waals surface area contributed by atoms with Crippen molar-refractivity contribution in [1.29, 1.82) is 0 Å². The maximum atomic E-state index is 12.6. The third kappa shape index (κ3) is 7.47. The van der Waals surface area contributed by atoms with Crippen LogP contribution in [-0.4, -0.2) is 36.9 Å². The number of benzene rings is 2. The molecule has 1 fully saturated rings. The van der Waals surface area contributed by atoms with Gasteiger partial charge in [-0.15, -0.1) is 0 Å². The van der Waals surface area contributed by atoms with Crippen LogP contribution in [0, 0.1) is 5.92 Å². The molecule has 0 aromatic heterocycles. The highest BCUT2D eigenvalue weighted by Crippen LogP contribution is 2.30. The van der Waals surface area contributed by atoms with Crippen molar-refractivity contribution in [2.45, 2.75) is 51.6 Å². The van der Waals surface area contributed by atoms with Gasteiger partial charge in [-0.05, 0) is 81.5 Å². The molecule has 1 saturated carbocycles. The fourth-order valence-corrected chi connectivity index (χ4v) is 4.35. The summed E-state index contributed by atoms with van der Waals surface area (Å²) in [5.41, 5.74) is 0.952. The van der Waals surface area contributed by atoms with Crippen LogP contribution >= 0.6 is 23.2 Å². The lowest BCUT2D eigenvalue weighted by atomic mass is 9.87. The molecule has 0 unspecified atom stereocenters. The zero-order valence-electron chi connectivity index (χ0n) is 19.2. The van der Waals surface area contributed by atoms with Crippen molar-refractivity contribution in [3.8, 4) is 5.75 Å². The van der Waals surface area contributed by atoms with Gasteiger partial charge in [0.1, 0.15) is 5.75 Å². The van der Waals surface area contributed by atoms with Crippen LogP contribution in [0.4, 0.5) is 0 Å². The van der Waals surface area contributed by atoms with Gasteiger partial charge in [-0.1, -0.05) is 23.2 Å². The summed E-state index contributed by atoms with van der Waals surface area (Å²) in [5.74, 6) is 0.124. The Morgan fingerprint density at radius 2 is 1.71 bits per heavy atom. The van der Waals surface area contributed by atoms with E-state index in [9.17, 15) is 14.4 Å². The predicted octanol–water partition coefficient (Wildman–Crippen LogP) is 5.89. The van der Waals surface area contributed by atoms with Crippen LogP contribution in [0.1, 0.15) is 66.2 Å². The van der Waals surface area contributed by atoms with Crippen molar-refractivity contribution in [2.75, 3.05) is 13.2 Å². The maximum Gasteiger partial charge on any atom is 0.308 e. The molecule has 2 aromatic rings. The van der Waals surface area contributed by atoms with E-state index in [1.165, 1.54) is 0 Å². The molecule has 0 atom stereocenters. The van der Waals surface area contributed by atoms with Crippen LogP contribution in [0.3, 0.4) is 0 Å². The topological polar surface area (TPSA) is 81.7 Å². The number of ketones is 1. The fraction of sp³-hybridized carbons (Fsp3) is 0.423. The van der Waals surface area contributed by atoms with Crippen molar-refractivity contribution in [1.82, 2.24) is 5.32 Å².